The van der Waals surface area contributed by atoms with Crippen molar-refractivity contribution in [3.05, 3.63) is 63.4 Å². The summed E-state index contributed by atoms with van der Waals surface area (Å²) in [6.45, 7) is 0. The topological polar surface area (TPSA) is 39.2 Å². The lowest BCUT2D eigenvalue weighted by Crippen LogP contribution is -2.12. The molecular weight excluding hydrogens is 354 g/mol. The Morgan fingerprint density at radius 3 is 3.09 bits per heavy atom. The molecule has 1 atom stereocenters. The Hall–Kier alpha value is -1.68. The monoisotopic (exact) mass is 373 g/mol. The first-order valence-corrected chi connectivity index (χ1v) is 8.78. The summed E-state index contributed by atoms with van der Waals surface area (Å²) < 4.78 is 6.02. The number of nitrogens with zero attached hydrogens (tertiary/aromatic N) is 1. The first-order valence-electron chi connectivity index (χ1n) is 7.98. The van der Waals surface area contributed by atoms with Crippen LogP contribution in [0.1, 0.15) is 52.2 Å². The van der Waals surface area contributed by atoms with Gasteiger partial charge in [0.2, 0.25) is 0 Å². The molecule has 2 aromatic rings. The Balaban J connectivity index is 1.77. The van der Waals surface area contributed by atoms with Crippen LogP contribution in [0.4, 0.5) is 0 Å². The molecule has 0 saturated heterocycles. The average molecular weight is 374 g/mol. The van der Waals surface area contributed by atoms with Gasteiger partial charge in [-0.05, 0) is 72.9 Å². The second-order valence-corrected chi connectivity index (χ2v) is 6.91. The minimum atomic E-state index is -0.282. The smallest absolute Gasteiger partial charge is 0.338 e. The van der Waals surface area contributed by atoms with E-state index in [1.165, 1.54) is 31.1 Å². The number of ether oxygens (including phenoxy) is 1. The van der Waals surface area contributed by atoms with Gasteiger partial charge in [-0.1, -0.05) is 22.0 Å². The molecule has 1 aromatic carbocycles. The van der Waals surface area contributed by atoms with Gasteiger partial charge in [-0.25, -0.2) is 4.79 Å². The molecule has 1 aliphatic rings. The third kappa shape index (κ3) is 3.63. The van der Waals surface area contributed by atoms with E-state index in [0.29, 0.717) is 11.5 Å². The van der Waals surface area contributed by atoms with Gasteiger partial charge in [-0.15, -0.1) is 0 Å². The number of aromatic nitrogens is 1. The predicted molar refractivity (Wildman–Crippen MR) is 93.7 cm³/mol. The molecule has 0 aliphatic heterocycles. The normalized spacial score (nSPS) is 16.7. The molecule has 3 rings (SSSR count). The van der Waals surface area contributed by atoms with E-state index in [9.17, 15) is 4.79 Å². The maximum Gasteiger partial charge on any atom is 0.338 e. The second kappa shape index (κ2) is 7.26. The van der Waals surface area contributed by atoms with E-state index < -0.39 is 0 Å². The number of fused-ring (bicyclic) bond motifs is 1. The summed E-state index contributed by atoms with van der Waals surface area (Å²) in [5.41, 5.74) is 4.52. The van der Waals surface area contributed by atoms with Gasteiger partial charge >= 0.3 is 5.97 Å². The van der Waals surface area contributed by atoms with E-state index in [4.69, 9.17) is 4.74 Å². The molecule has 0 fully saturated rings. The minimum Gasteiger partial charge on any atom is -0.465 e. The molecule has 0 spiro atoms. The van der Waals surface area contributed by atoms with E-state index >= 15 is 0 Å². The molecule has 1 unspecified atom stereocenters. The van der Waals surface area contributed by atoms with Crippen LogP contribution < -0.4 is 0 Å². The van der Waals surface area contributed by atoms with E-state index in [-0.39, 0.29) is 5.97 Å². The number of esters is 1. The van der Waals surface area contributed by atoms with Crippen LogP contribution in [-0.4, -0.2) is 18.1 Å². The number of carbonyl (C=O) groups is 1. The Kier molecular flexibility index (Phi) is 5.11. The number of carbonyl (C=O) groups excluding carboxylic acids is 1. The van der Waals surface area contributed by atoms with Crippen molar-refractivity contribution in [1.82, 2.24) is 4.98 Å². The predicted octanol–water partition coefficient (Wildman–Crippen LogP) is 4.68. The molecule has 1 aliphatic carbocycles. The maximum absolute atomic E-state index is 11.9. The number of aryl methyl sites for hydroxylation is 2. The molecular formula is C19H20BrNO2. The van der Waals surface area contributed by atoms with Crippen LogP contribution in [0.15, 0.2) is 41.1 Å². The van der Waals surface area contributed by atoms with E-state index in [1.54, 1.807) is 18.5 Å². The summed E-state index contributed by atoms with van der Waals surface area (Å²) in [7, 11) is 1.42. The van der Waals surface area contributed by atoms with Crippen molar-refractivity contribution >= 4 is 21.9 Å². The van der Waals surface area contributed by atoms with Gasteiger partial charge < -0.3 is 4.74 Å². The van der Waals surface area contributed by atoms with Crippen molar-refractivity contribution in [2.24, 2.45) is 0 Å². The summed E-state index contributed by atoms with van der Waals surface area (Å²) in [6.07, 6.45) is 8.91. The zero-order chi connectivity index (χ0) is 16.2. The van der Waals surface area contributed by atoms with E-state index in [0.717, 1.165) is 29.3 Å². The standard InChI is InChI=1S/C19H20BrNO2/c1-23-19(22)18-9-10-21-12-15(18)6-5-13-3-2-4-14-11-16(20)7-8-17(13)14/h7-13H,2-6H2,1H3. The molecule has 0 bridgehead atoms. The number of benzene rings is 1. The molecule has 1 aromatic heterocycles. The SMILES string of the molecule is COC(=O)c1ccncc1CCC1CCCc2cc(Br)ccc21. The number of hydrogen-bond donors (Lipinski definition) is 0. The molecule has 3 nitrogen and oxygen atoms in total. The molecule has 1 heterocycles. The summed E-state index contributed by atoms with van der Waals surface area (Å²) in [4.78, 5) is 16.0. The van der Waals surface area contributed by atoms with Crippen LogP contribution in [0.25, 0.3) is 0 Å². The number of hydrogen-bond acceptors (Lipinski definition) is 3. The number of rotatable bonds is 4. The Morgan fingerprint density at radius 2 is 2.26 bits per heavy atom. The van der Waals surface area contributed by atoms with Crippen molar-refractivity contribution in [3.63, 3.8) is 0 Å². The molecule has 0 N–H and O–H groups in total. The highest BCUT2D eigenvalue weighted by molar-refractivity contribution is 9.10. The Morgan fingerprint density at radius 1 is 1.39 bits per heavy atom. The van der Waals surface area contributed by atoms with Gasteiger partial charge in [-0.3, -0.25) is 4.98 Å². The summed E-state index contributed by atoms with van der Waals surface area (Å²) in [5, 5.41) is 0. The van der Waals surface area contributed by atoms with E-state index in [2.05, 4.69) is 39.1 Å². The largest absolute Gasteiger partial charge is 0.465 e. The van der Waals surface area contributed by atoms with Crippen molar-refractivity contribution in [2.45, 2.75) is 38.0 Å². The van der Waals surface area contributed by atoms with Gasteiger partial charge in [-0.2, -0.15) is 0 Å². The van der Waals surface area contributed by atoms with Gasteiger partial charge in [0.1, 0.15) is 0 Å². The summed E-state index contributed by atoms with van der Waals surface area (Å²) in [6, 6.07) is 8.35. The summed E-state index contributed by atoms with van der Waals surface area (Å²) in [5.74, 6) is 0.271. The zero-order valence-corrected chi connectivity index (χ0v) is 14.8. The lowest BCUT2D eigenvalue weighted by molar-refractivity contribution is 0.0599. The van der Waals surface area contributed by atoms with Gasteiger partial charge in [0.25, 0.3) is 0 Å². The molecule has 0 saturated carbocycles. The van der Waals surface area contributed by atoms with Crippen molar-refractivity contribution < 1.29 is 9.53 Å². The minimum absolute atomic E-state index is 0.282. The van der Waals surface area contributed by atoms with Crippen LogP contribution >= 0.6 is 15.9 Å². The highest BCUT2D eigenvalue weighted by atomic mass is 79.9. The lowest BCUT2D eigenvalue weighted by atomic mass is 9.80. The average Bonchev–Trinajstić information content (AvgIpc) is 2.59. The van der Waals surface area contributed by atoms with Crippen LogP contribution in [0.3, 0.4) is 0 Å². The first kappa shape index (κ1) is 16.2. The van der Waals surface area contributed by atoms with Gasteiger partial charge in [0.05, 0.1) is 12.7 Å². The first-order chi connectivity index (χ1) is 11.2. The molecule has 23 heavy (non-hydrogen) atoms. The number of methoxy groups -OCH3 is 1. The number of halogens is 1. The van der Waals surface area contributed by atoms with Crippen molar-refractivity contribution in [1.29, 1.82) is 0 Å². The second-order valence-electron chi connectivity index (χ2n) is 6.00. The quantitative estimate of drug-likeness (QED) is 0.730. The highest BCUT2D eigenvalue weighted by Gasteiger charge is 2.21. The molecule has 120 valence electrons. The number of pyridine rings is 1. The Bertz CT molecular complexity index is 714. The van der Waals surface area contributed by atoms with Crippen molar-refractivity contribution in [3.8, 4) is 0 Å². The van der Waals surface area contributed by atoms with Crippen molar-refractivity contribution in [2.75, 3.05) is 7.11 Å². The highest BCUT2D eigenvalue weighted by Crippen LogP contribution is 2.36. The fourth-order valence-corrected chi connectivity index (χ4v) is 3.86. The fraction of sp³-hybridized carbons (Fsp3) is 0.368. The van der Waals surface area contributed by atoms with Crippen LogP contribution in [0.2, 0.25) is 0 Å². The third-order valence-corrected chi connectivity index (χ3v) is 5.11. The molecule has 0 radical (unpaired) electrons. The maximum atomic E-state index is 11.9. The fourth-order valence-electron chi connectivity index (χ4n) is 3.45. The van der Waals surface area contributed by atoms with Crippen LogP contribution in [0, 0.1) is 0 Å². The molecule has 4 heteroatoms. The van der Waals surface area contributed by atoms with Crippen LogP contribution in [0.5, 0.6) is 0 Å². The Labute approximate surface area is 145 Å². The third-order valence-electron chi connectivity index (χ3n) is 4.61. The summed E-state index contributed by atoms with van der Waals surface area (Å²) >= 11 is 3.56. The van der Waals surface area contributed by atoms with Gasteiger partial charge in [0, 0.05) is 16.9 Å². The van der Waals surface area contributed by atoms with Crippen LogP contribution in [-0.2, 0) is 17.6 Å². The zero-order valence-electron chi connectivity index (χ0n) is 13.2. The molecule has 0 amide bonds. The van der Waals surface area contributed by atoms with E-state index in [1.807, 2.05) is 0 Å². The lowest BCUT2D eigenvalue weighted by Gasteiger charge is -2.26. The van der Waals surface area contributed by atoms with Gasteiger partial charge in [0.15, 0.2) is 0 Å².